The van der Waals surface area contributed by atoms with E-state index in [2.05, 4.69) is 68.4 Å². The van der Waals surface area contributed by atoms with Crippen LogP contribution in [-0.2, 0) is 30.8 Å². The Labute approximate surface area is 186 Å². The Kier molecular flexibility index (Phi) is 5.82. The lowest BCUT2D eigenvalue weighted by Gasteiger charge is -2.37. The minimum atomic E-state index is 0.0946. The van der Waals surface area contributed by atoms with E-state index < -0.39 is 0 Å². The highest BCUT2D eigenvalue weighted by Crippen LogP contribution is 2.23. The number of hydrogen-bond donors (Lipinski definition) is 1. The molecule has 3 heterocycles. The Morgan fingerprint density at radius 3 is 2.77 bits per heavy atom. The SMILES string of the molecule is O=C(CCc1nc2ccccc2s1)NCC1Cn2cccc2CN1Cc1ccccc1. The summed E-state index contributed by atoms with van der Waals surface area (Å²) >= 11 is 1.68. The quantitative estimate of drug-likeness (QED) is 0.477. The van der Waals surface area contributed by atoms with E-state index in [0.29, 0.717) is 19.4 Å². The lowest BCUT2D eigenvalue weighted by molar-refractivity contribution is -0.121. The Morgan fingerprint density at radius 1 is 1.06 bits per heavy atom. The predicted molar refractivity (Wildman–Crippen MR) is 125 cm³/mol. The molecule has 0 bridgehead atoms. The van der Waals surface area contributed by atoms with Gasteiger partial charge in [0.1, 0.15) is 0 Å². The van der Waals surface area contributed by atoms with Gasteiger partial charge in [0.15, 0.2) is 0 Å². The highest BCUT2D eigenvalue weighted by Gasteiger charge is 2.26. The number of aromatic nitrogens is 2. The van der Waals surface area contributed by atoms with Gasteiger partial charge in [-0.3, -0.25) is 9.69 Å². The Hall–Kier alpha value is -2.96. The molecule has 6 heteroatoms. The van der Waals surface area contributed by atoms with Crippen LogP contribution < -0.4 is 5.32 Å². The van der Waals surface area contributed by atoms with Crippen molar-refractivity contribution in [1.82, 2.24) is 19.8 Å². The van der Waals surface area contributed by atoms with Crippen LogP contribution in [0.2, 0.25) is 0 Å². The number of aryl methyl sites for hydroxylation is 1. The number of rotatable bonds is 7. The van der Waals surface area contributed by atoms with Crippen LogP contribution in [0.25, 0.3) is 10.2 Å². The van der Waals surface area contributed by atoms with Crippen LogP contribution in [0.1, 0.15) is 22.7 Å². The molecule has 1 N–H and O–H groups in total. The monoisotopic (exact) mass is 430 g/mol. The van der Waals surface area contributed by atoms with Crippen LogP contribution in [0.5, 0.6) is 0 Å². The summed E-state index contributed by atoms with van der Waals surface area (Å²) in [7, 11) is 0. The number of nitrogens with one attached hydrogen (secondary N) is 1. The van der Waals surface area contributed by atoms with E-state index in [4.69, 9.17) is 0 Å². The lowest BCUT2D eigenvalue weighted by Crippen LogP contribution is -2.48. The molecule has 158 valence electrons. The van der Waals surface area contributed by atoms with Gasteiger partial charge in [0.25, 0.3) is 0 Å². The molecule has 0 aliphatic carbocycles. The number of nitrogens with zero attached hydrogens (tertiary/aromatic N) is 3. The van der Waals surface area contributed by atoms with E-state index in [1.807, 2.05) is 24.3 Å². The van der Waals surface area contributed by atoms with Gasteiger partial charge in [0.05, 0.1) is 15.2 Å². The van der Waals surface area contributed by atoms with Crippen molar-refractivity contribution >= 4 is 27.5 Å². The first kappa shape index (κ1) is 20.0. The molecule has 1 aliphatic rings. The normalized spacial score (nSPS) is 16.3. The molecule has 31 heavy (non-hydrogen) atoms. The summed E-state index contributed by atoms with van der Waals surface area (Å²) in [5, 5.41) is 4.20. The molecule has 1 aliphatic heterocycles. The van der Waals surface area contributed by atoms with E-state index in [1.165, 1.54) is 16.0 Å². The third kappa shape index (κ3) is 4.70. The average molecular weight is 431 g/mol. The second kappa shape index (κ2) is 9.04. The molecule has 2 aromatic carbocycles. The summed E-state index contributed by atoms with van der Waals surface area (Å²) in [4.78, 5) is 19.7. The van der Waals surface area contributed by atoms with Gasteiger partial charge in [-0.2, -0.15) is 0 Å². The fraction of sp³-hybridized carbons (Fsp3) is 0.280. The van der Waals surface area contributed by atoms with Crippen LogP contribution in [-0.4, -0.2) is 32.9 Å². The smallest absolute Gasteiger partial charge is 0.220 e. The molecule has 4 aromatic rings. The molecule has 5 nitrogen and oxygen atoms in total. The summed E-state index contributed by atoms with van der Waals surface area (Å²) in [6.45, 7) is 3.34. The molecule has 2 aromatic heterocycles. The standard InChI is InChI=1S/C25H26N4OS/c30-24(12-13-25-27-22-10-4-5-11-23(22)31-25)26-15-21-18-28-14-6-9-20(28)17-29(21)16-19-7-2-1-3-8-19/h1-11,14,21H,12-13,15-18H2,(H,26,30). The highest BCUT2D eigenvalue weighted by atomic mass is 32.1. The number of carbonyl (C=O) groups excluding carboxylic acids is 1. The number of thiazole rings is 1. The van der Waals surface area contributed by atoms with Crippen molar-refractivity contribution in [2.24, 2.45) is 0 Å². The summed E-state index contributed by atoms with van der Waals surface area (Å²) in [5.74, 6) is 0.0946. The number of benzene rings is 2. The summed E-state index contributed by atoms with van der Waals surface area (Å²) in [6, 6.07) is 23.2. The van der Waals surface area contributed by atoms with Gasteiger partial charge in [-0.05, 0) is 29.8 Å². The maximum absolute atomic E-state index is 12.6. The summed E-state index contributed by atoms with van der Waals surface area (Å²) < 4.78 is 3.48. The summed E-state index contributed by atoms with van der Waals surface area (Å²) in [5.41, 5.74) is 3.65. The van der Waals surface area contributed by atoms with Crippen LogP contribution in [0, 0.1) is 0 Å². The van der Waals surface area contributed by atoms with Crippen LogP contribution in [0.4, 0.5) is 0 Å². The molecule has 1 unspecified atom stereocenters. The van der Waals surface area contributed by atoms with Gasteiger partial charge in [-0.15, -0.1) is 11.3 Å². The Morgan fingerprint density at radius 2 is 1.90 bits per heavy atom. The van der Waals surface area contributed by atoms with E-state index in [0.717, 1.165) is 30.2 Å². The number of carbonyl (C=O) groups is 1. The van der Waals surface area contributed by atoms with Gasteiger partial charge in [-0.25, -0.2) is 4.98 Å². The van der Waals surface area contributed by atoms with Crippen molar-refractivity contribution in [2.45, 2.75) is 38.5 Å². The third-order valence-electron chi connectivity index (χ3n) is 5.88. The highest BCUT2D eigenvalue weighted by molar-refractivity contribution is 7.18. The van der Waals surface area contributed by atoms with E-state index in [-0.39, 0.29) is 11.9 Å². The maximum Gasteiger partial charge on any atom is 0.220 e. The van der Waals surface area contributed by atoms with Crippen LogP contribution in [0.15, 0.2) is 72.9 Å². The topological polar surface area (TPSA) is 50.2 Å². The number of amides is 1. The predicted octanol–water partition coefficient (Wildman–Crippen LogP) is 4.23. The molecule has 0 fully saturated rings. The zero-order valence-electron chi connectivity index (χ0n) is 17.4. The number of para-hydroxylation sites is 1. The van der Waals surface area contributed by atoms with Crippen molar-refractivity contribution < 1.29 is 4.79 Å². The molecule has 1 atom stereocenters. The minimum Gasteiger partial charge on any atom is -0.354 e. The maximum atomic E-state index is 12.6. The first-order valence-electron chi connectivity index (χ1n) is 10.8. The molecule has 0 saturated carbocycles. The van der Waals surface area contributed by atoms with Crippen molar-refractivity contribution in [3.8, 4) is 0 Å². The lowest BCUT2D eigenvalue weighted by atomic mass is 10.1. The van der Waals surface area contributed by atoms with Gasteiger partial charge < -0.3 is 9.88 Å². The number of hydrogen-bond acceptors (Lipinski definition) is 4. The van der Waals surface area contributed by atoms with Gasteiger partial charge in [0.2, 0.25) is 5.91 Å². The first-order valence-corrected chi connectivity index (χ1v) is 11.6. The van der Waals surface area contributed by atoms with E-state index in [1.54, 1.807) is 11.3 Å². The Bertz CT molecular complexity index is 1130. The zero-order chi connectivity index (χ0) is 21.0. The first-order chi connectivity index (χ1) is 15.2. The Balaban J connectivity index is 1.19. The second-order valence-electron chi connectivity index (χ2n) is 8.08. The zero-order valence-corrected chi connectivity index (χ0v) is 18.2. The largest absolute Gasteiger partial charge is 0.354 e. The van der Waals surface area contributed by atoms with Gasteiger partial charge >= 0.3 is 0 Å². The fourth-order valence-corrected chi connectivity index (χ4v) is 5.18. The van der Waals surface area contributed by atoms with Crippen molar-refractivity contribution in [3.05, 3.63) is 89.2 Å². The van der Waals surface area contributed by atoms with Crippen LogP contribution in [0.3, 0.4) is 0 Å². The molecular weight excluding hydrogens is 404 g/mol. The molecule has 1 amide bonds. The van der Waals surface area contributed by atoms with Gasteiger partial charge in [-0.1, -0.05) is 42.5 Å². The third-order valence-corrected chi connectivity index (χ3v) is 6.98. The van der Waals surface area contributed by atoms with Crippen molar-refractivity contribution in [1.29, 1.82) is 0 Å². The second-order valence-corrected chi connectivity index (χ2v) is 9.19. The van der Waals surface area contributed by atoms with Crippen LogP contribution >= 0.6 is 11.3 Å². The number of fused-ring (bicyclic) bond motifs is 2. The molecule has 0 spiro atoms. The molecule has 0 saturated heterocycles. The minimum absolute atomic E-state index is 0.0946. The summed E-state index contributed by atoms with van der Waals surface area (Å²) in [6.07, 6.45) is 3.29. The van der Waals surface area contributed by atoms with Gasteiger partial charge in [0, 0.05) is 57.0 Å². The fourth-order valence-electron chi connectivity index (χ4n) is 4.21. The molecule has 5 rings (SSSR count). The molecular formula is C25H26N4OS. The van der Waals surface area contributed by atoms with E-state index in [9.17, 15) is 4.79 Å². The molecule has 0 radical (unpaired) electrons. The van der Waals surface area contributed by atoms with E-state index >= 15 is 0 Å². The van der Waals surface area contributed by atoms with Crippen molar-refractivity contribution in [2.75, 3.05) is 6.54 Å². The van der Waals surface area contributed by atoms with Crippen molar-refractivity contribution in [3.63, 3.8) is 0 Å². The average Bonchev–Trinajstić information content (AvgIpc) is 3.42.